The highest BCUT2D eigenvalue weighted by atomic mass is 19.4. The first-order valence-corrected chi connectivity index (χ1v) is 10.3. The molecule has 0 aliphatic carbocycles. The van der Waals surface area contributed by atoms with Crippen LogP contribution in [-0.4, -0.2) is 23.0 Å². The molecule has 180 valence electrons. The van der Waals surface area contributed by atoms with E-state index in [2.05, 4.69) is 5.32 Å². The molecular formula is C25H23F4NO4. The Hall–Kier alpha value is -3.62. The predicted molar refractivity (Wildman–Crippen MR) is 118 cm³/mol. The molecule has 9 heteroatoms. The van der Waals surface area contributed by atoms with Crippen molar-refractivity contribution >= 4 is 22.6 Å². The minimum atomic E-state index is -4.82. The van der Waals surface area contributed by atoms with Crippen molar-refractivity contribution < 1.29 is 37.0 Å². The van der Waals surface area contributed by atoms with Crippen molar-refractivity contribution in [1.29, 1.82) is 0 Å². The third-order valence-electron chi connectivity index (χ3n) is 5.23. The fourth-order valence-corrected chi connectivity index (χ4v) is 3.47. The molecule has 0 aliphatic rings. The SMILES string of the molecule is CC(C)(C)[C@H](NC(=O)c1ccc2ccccc2c1OCc1ccc(C(F)(F)F)c(F)c1)C(=O)O. The monoisotopic (exact) mass is 477 g/mol. The maximum absolute atomic E-state index is 14.0. The van der Waals surface area contributed by atoms with Gasteiger partial charge in [0.1, 0.15) is 24.2 Å². The number of carboxylic acid groups (broad SMARTS) is 1. The zero-order chi connectivity index (χ0) is 25.3. The lowest BCUT2D eigenvalue weighted by atomic mass is 9.86. The van der Waals surface area contributed by atoms with Gasteiger partial charge in [-0.15, -0.1) is 0 Å². The van der Waals surface area contributed by atoms with Crippen LogP contribution in [-0.2, 0) is 17.6 Å². The van der Waals surface area contributed by atoms with Crippen molar-refractivity contribution in [3.63, 3.8) is 0 Å². The van der Waals surface area contributed by atoms with Crippen molar-refractivity contribution in [2.24, 2.45) is 5.41 Å². The van der Waals surface area contributed by atoms with E-state index in [-0.39, 0.29) is 23.5 Å². The Balaban J connectivity index is 1.96. The number of hydrogen-bond donors (Lipinski definition) is 2. The lowest BCUT2D eigenvalue weighted by Gasteiger charge is -2.28. The van der Waals surface area contributed by atoms with Gasteiger partial charge < -0.3 is 15.2 Å². The van der Waals surface area contributed by atoms with Crippen LogP contribution in [0, 0.1) is 11.2 Å². The Morgan fingerprint density at radius 3 is 2.29 bits per heavy atom. The Morgan fingerprint density at radius 2 is 1.71 bits per heavy atom. The lowest BCUT2D eigenvalue weighted by molar-refractivity contribution is -0.142. The molecule has 1 amide bonds. The van der Waals surface area contributed by atoms with Gasteiger partial charge in [0.05, 0.1) is 11.1 Å². The van der Waals surface area contributed by atoms with Crippen LogP contribution in [0.2, 0.25) is 0 Å². The van der Waals surface area contributed by atoms with Crippen LogP contribution in [0.25, 0.3) is 10.8 Å². The molecule has 34 heavy (non-hydrogen) atoms. The average Bonchev–Trinajstić information content (AvgIpc) is 2.73. The summed E-state index contributed by atoms with van der Waals surface area (Å²) in [5, 5.41) is 13.3. The second-order valence-corrected chi connectivity index (χ2v) is 8.87. The van der Waals surface area contributed by atoms with E-state index in [1.165, 1.54) is 6.07 Å². The molecule has 0 heterocycles. The number of fused-ring (bicyclic) bond motifs is 1. The summed E-state index contributed by atoms with van der Waals surface area (Å²) in [6.07, 6.45) is -4.82. The Labute approximate surface area is 193 Å². The number of carboxylic acids is 1. The van der Waals surface area contributed by atoms with Gasteiger partial charge in [-0.25, -0.2) is 9.18 Å². The Bertz CT molecular complexity index is 1230. The molecular weight excluding hydrogens is 454 g/mol. The summed E-state index contributed by atoms with van der Waals surface area (Å²) in [5.41, 5.74) is -2.00. The number of hydrogen-bond acceptors (Lipinski definition) is 3. The number of alkyl halides is 3. The fraction of sp³-hybridized carbons (Fsp3) is 0.280. The third-order valence-corrected chi connectivity index (χ3v) is 5.23. The van der Waals surface area contributed by atoms with Crippen LogP contribution in [0.1, 0.15) is 42.3 Å². The smallest absolute Gasteiger partial charge is 0.419 e. The van der Waals surface area contributed by atoms with Crippen molar-refractivity contribution in [3.8, 4) is 5.75 Å². The van der Waals surface area contributed by atoms with Gasteiger partial charge in [-0.3, -0.25) is 4.79 Å². The minimum Gasteiger partial charge on any atom is -0.487 e. The van der Waals surface area contributed by atoms with E-state index in [1.54, 1.807) is 51.1 Å². The van der Waals surface area contributed by atoms with Crippen LogP contribution in [0.3, 0.4) is 0 Å². The van der Waals surface area contributed by atoms with Gasteiger partial charge in [0.15, 0.2) is 0 Å². The Morgan fingerprint density at radius 1 is 1.03 bits per heavy atom. The van der Waals surface area contributed by atoms with Gasteiger partial charge in [0.25, 0.3) is 5.91 Å². The van der Waals surface area contributed by atoms with E-state index in [0.717, 1.165) is 17.5 Å². The van der Waals surface area contributed by atoms with E-state index in [1.807, 2.05) is 0 Å². The van der Waals surface area contributed by atoms with Crippen molar-refractivity contribution in [2.75, 3.05) is 0 Å². The van der Waals surface area contributed by atoms with Gasteiger partial charge in [0, 0.05) is 5.39 Å². The number of benzene rings is 3. The maximum Gasteiger partial charge on any atom is 0.419 e. The second-order valence-electron chi connectivity index (χ2n) is 8.87. The largest absolute Gasteiger partial charge is 0.487 e. The molecule has 0 unspecified atom stereocenters. The summed E-state index contributed by atoms with van der Waals surface area (Å²) in [5.74, 6) is -3.22. The normalized spacial score (nSPS) is 12.9. The highest BCUT2D eigenvalue weighted by Crippen LogP contribution is 2.33. The van der Waals surface area contributed by atoms with E-state index < -0.39 is 40.9 Å². The molecule has 0 fully saturated rings. The van der Waals surface area contributed by atoms with Crippen LogP contribution >= 0.6 is 0 Å². The van der Waals surface area contributed by atoms with Crippen LogP contribution in [0.4, 0.5) is 17.6 Å². The molecule has 0 aromatic heterocycles. The summed E-state index contributed by atoms with van der Waals surface area (Å²) in [7, 11) is 0. The molecule has 0 saturated carbocycles. The summed E-state index contributed by atoms with van der Waals surface area (Å²) in [6, 6.07) is 11.4. The molecule has 3 aromatic carbocycles. The third kappa shape index (κ3) is 5.47. The average molecular weight is 477 g/mol. The molecule has 3 aromatic rings. The molecule has 0 saturated heterocycles. The van der Waals surface area contributed by atoms with E-state index >= 15 is 0 Å². The molecule has 0 bridgehead atoms. The number of aliphatic carboxylic acids is 1. The highest BCUT2D eigenvalue weighted by molar-refractivity contribution is 6.05. The first-order chi connectivity index (χ1) is 15.8. The molecule has 2 N–H and O–H groups in total. The number of rotatable bonds is 6. The summed E-state index contributed by atoms with van der Waals surface area (Å²) < 4.78 is 58.3. The quantitative estimate of drug-likeness (QED) is 0.440. The van der Waals surface area contributed by atoms with Crippen molar-refractivity contribution in [3.05, 3.63) is 77.1 Å². The minimum absolute atomic E-state index is 0.0431. The van der Waals surface area contributed by atoms with Crippen LogP contribution in [0.5, 0.6) is 5.75 Å². The van der Waals surface area contributed by atoms with Crippen LogP contribution in [0.15, 0.2) is 54.6 Å². The summed E-state index contributed by atoms with van der Waals surface area (Å²) in [4.78, 5) is 24.7. The number of halogens is 4. The molecule has 0 spiro atoms. The summed E-state index contributed by atoms with van der Waals surface area (Å²) in [6.45, 7) is 4.69. The molecule has 5 nitrogen and oxygen atoms in total. The molecule has 1 atom stereocenters. The van der Waals surface area contributed by atoms with Gasteiger partial charge in [-0.05, 0) is 34.6 Å². The first kappa shape index (κ1) is 25.0. The zero-order valence-electron chi connectivity index (χ0n) is 18.7. The number of ether oxygens (including phenoxy) is 1. The number of amides is 1. The van der Waals surface area contributed by atoms with E-state index in [9.17, 15) is 32.3 Å². The predicted octanol–water partition coefficient (Wildman–Crippen LogP) is 5.81. The van der Waals surface area contributed by atoms with Gasteiger partial charge >= 0.3 is 12.1 Å². The van der Waals surface area contributed by atoms with Gasteiger partial charge in [-0.1, -0.05) is 57.2 Å². The molecule has 0 radical (unpaired) electrons. The zero-order valence-corrected chi connectivity index (χ0v) is 18.7. The van der Waals surface area contributed by atoms with E-state index in [0.29, 0.717) is 11.5 Å². The molecule has 3 rings (SSSR count). The van der Waals surface area contributed by atoms with Gasteiger partial charge in [-0.2, -0.15) is 13.2 Å². The highest BCUT2D eigenvalue weighted by Gasteiger charge is 2.35. The standard InChI is InChI=1S/C25H23F4NO4/c1-24(2,3)21(23(32)33)30-22(31)17-10-9-15-6-4-5-7-16(15)20(17)34-13-14-8-11-18(19(26)12-14)25(27,28)29/h4-12,21H,13H2,1-3H3,(H,30,31)(H,32,33)/t21-/m1/s1. The number of nitrogens with one attached hydrogen (secondary N) is 1. The molecule has 0 aliphatic heterocycles. The van der Waals surface area contributed by atoms with Crippen LogP contribution < -0.4 is 10.1 Å². The number of carbonyl (C=O) groups is 2. The van der Waals surface area contributed by atoms with Crippen molar-refractivity contribution in [1.82, 2.24) is 5.32 Å². The van der Waals surface area contributed by atoms with Crippen molar-refractivity contribution in [2.45, 2.75) is 39.6 Å². The topological polar surface area (TPSA) is 75.6 Å². The van der Waals surface area contributed by atoms with E-state index in [4.69, 9.17) is 4.74 Å². The first-order valence-electron chi connectivity index (χ1n) is 10.3. The maximum atomic E-state index is 14.0. The number of carbonyl (C=O) groups excluding carboxylic acids is 1. The second kappa shape index (κ2) is 9.32. The Kier molecular flexibility index (Phi) is 6.86. The summed E-state index contributed by atoms with van der Waals surface area (Å²) >= 11 is 0. The lowest BCUT2D eigenvalue weighted by Crippen LogP contribution is -2.49. The fourth-order valence-electron chi connectivity index (χ4n) is 3.47. The van der Waals surface area contributed by atoms with Gasteiger partial charge in [0.2, 0.25) is 0 Å².